The minimum atomic E-state index is -4.40. The molecule has 0 aliphatic carbocycles. The maximum atomic E-state index is 12.4. The van der Waals surface area contributed by atoms with Crippen LogP contribution >= 0.6 is 11.6 Å². The number of hydrogen-bond acceptors (Lipinski definition) is 2. The van der Waals surface area contributed by atoms with E-state index in [1.807, 2.05) is 0 Å². The number of benzene rings is 1. The van der Waals surface area contributed by atoms with Gasteiger partial charge in [0, 0.05) is 11.1 Å². The van der Waals surface area contributed by atoms with Crippen LogP contribution in [-0.4, -0.2) is 11.3 Å². The summed E-state index contributed by atoms with van der Waals surface area (Å²) in [6.07, 6.45) is -3.82. The van der Waals surface area contributed by atoms with Crippen LogP contribution in [0.15, 0.2) is 36.4 Å². The highest BCUT2D eigenvalue weighted by Crippen LogP contribution is 2.31. The van der Waals surface area contributed by atoms with Gasteiger partial charge in [0.05, 0.1) is 11.3 Å². The molecule has 0 unspecified atom stereocenters. The molecular weight excluding hydrogens is 279 g/mol. The highest BCUT2D eigenvalue weighted by atomic mass is 35.5. The van der Waals surface area contributed by atoms with Gasteiger partial charge in [0.15, 0.2) is 6.29 Å². The van der Waals surface area contributed by atoms with Crippen molar-refractivity contribution in [3.63, 3.8) is 0 Å². The Morgan fingerprint density at radius 2 is 1.68 bits per heavy atom. The molecule has 0 atom stereocenters. The molecule has 0 amide bonds. The molecule has 6 heteroatoms. The summed E-state index contributed by atoms with van der Waals surface area (Å²) in [5.74, 6) is 0. The summed E-state index contributed by atoms with van der Waals surface area (Å²) >= 11 is 5.72. The summed E-state index contributed by atoms with van der Waals surface area (Å²) < 4.78 is 37.3. The first-order valence-electron chi connectivity index (χ1n) is 5.21. The summed E-state index contributed by atoms with van der Waals surface area (Å²) in [6.45, 7) is 0. The van der Waals surface area contributed by atoms with Crippen LogP contribution in [0.4, 0.5) is 13.2 Å². The van der Waals surface area contributed by atoms with Gasteiger partial charge in [0.1, 0.15) is 5.15 Å². The standard InChI is InChI=1S/C13H7ClF3NO/c14-11-6-3-9(7-19)12(18-11)8-1-4-10(5-2-8)13(15,16)17/h1-7H. The summed E-state index contributed by atoms with van der Waals surface area (Å²) in [6, 6.07) is 7.30. The van der Waals surface area contributed by atoms with E-state index in [2.05, 4.69) is 4.98 Å². The van der Waals surface area contributed by atoms with Crippen molar-refractivity contribution in [2.45, 2.75) is 6.18 Å². The maximum absolute atomic E-state index is 12.4. The topological polar surface area (TPSA) is 30.0 Å². The van der Waals surface area contributed by atoms with Gasteiger partial charge >= 0.3 is 6.18 Å². The van der Waals surface area contributed by atoms with Crippen molar-refractivity contribution in [3.05, 3.63) is 52.7 Å². The van der Waals surface area contributed by atoms with E-state index in [-0.39, 0.29) is 16.4 Å². The predicted molar refractivity (Wildman–Crippen MR) is 65.1 cm³/mol. The minimum Gasteiger partial charge on any atom is -0.298 e. The largest absolute Gasteiger partial charge is 0.416 e. The van der Waals surface area contributed by atoms with E-state index in [9.17, 15) is 18.0 Å². The van der Waals surface area contributed by atoms with Crippen molar-refractivity contribution < 1.29 is 18.0 Å². The van der Waals surface area contributed by atoms with Crippen molar-refractivity contribution in [1.82, 2.24) is 4.98 Å². The normalized spacial score (nSPS) is 11.4. The quantitative estimate of drug-likeness (QED) is 0.610. The minimum absolute atomic E-state index is 0.167. The molecule has 1 aromatic heterocycles. The van der Waals surface area contributed by atoms with E-state index in [1.54, 1.807) is 0 Å². The Morgan fingerprint density at radius 1 is 1.05 bits per heavy atom. The molecule has 0 spiro atoms. The van der Waals surface area contributed by atoms with E-state index < -0.39 is 11.7 Å². The van der Waals surface area contributed by atoms with Crippen LogP contribution in [0.5, 0.6) is 0 Å². The smallest absolute Gasteiger partial charge is 0.298 e. The molecule has 19 heavy (non-hydrogen) atoms. The Labute approximate surface area is 111 Å². The van der Waals surface area contributed by atoms with Gasteiger partial charge in [-0.25, -0.2) is 4.98 Å². The zero-order chi connectivity index (χ0) is 14.0. The molecule has 0 radical (unpaired) electrons. The molecule has 1 aromatic carbocycles. The molecule has 2 rings (SSSR count). The van der Waals surface area contributed by atoms with Crippen LogP contribution in [0.1, 0.15) is 15.9 Å². The van der Waals surface area contributed by atoms with E-state index in [0.717, 1.165) is 12.1 Å². The van der Waals surface area contributed by atoms with Gasteiger partial charge in [-0.3, -0.25) is 4.79 Å². The molecule has 0 aliphatic heterocycles. The van der Waals surface area contributed by atoms with Gasteiger partial charge in [0.2, 0.25) is 0 Å². The van der Waals surface area contributed by atoms with E-state index >= 15 is 0 Å². The summed E-state index contributed by atoms with van der Waals surface area (Å²) in [5, 5.41) is 0.167. The third-order valence-corrected chi connectivity index (χ3v) is 2.72. The highest BCUT2D eigenvalue weighted by Gasteiger charge is 2.30. The van der Waals surface area contributed by atoms with Crippen LogP contribution in [0.2, 0.25) is 5.15 Å². The summed E-state index contributed by atoms with van der Waals surface area (Å²) in [7, 11) is 0. The lowest BCUT2D eigenvalue weighted by Crippen LogP contribution is -2.04. The number of hydrogen-bond donors (Lipinski definition) is 0. The zero-order valence-corrected chi connectivity index (χ0v) is 10.2. The first kappa shape index (κ1) is 13.5. The number of nitrogens with zero attached hydrogens (tertiary/aromatic N) is 1. The van der Waals surface area contributed by atoms with Crippen LogP contribution in [-0.2, 0) is 6.18 Å². The molecule has 0 saturated carbocycles. The van der Waals surface area contributed by atoms with Crippen molar-refractivity contribution in [2.24, 2.45) is 0 Å². The van der Waals surface area contributed by atoms with E-state index in [1.165, 1.54) is 24.3 Å². The number of carbonyl (C=O) groups excluding carboxylic acids is 1. The second-order valence-electron chi connectivity index (χ2n) is 3.76. The Kier molecular flexibility index (Phi) is 3.57. The van der Waals surface area contributed by atoms with Crippen LogP contribution in [0.3, 0.4) is 0 Å². The summed E-state index contributed by atoms with van der Waals surface area (Å²) in [4.78, 5) is 14.8. The summed E-state index contributed by atoms with van der Waals surface area (Å²) in [5.41, 5.74) is 0.170. The number of carbonyl (C=O) groups is 1. The van der Waals surface area contributed by atoms with Gasteiger partial charge in [0.25, 0.3) is 0 Å². The molecule has 0 saturated heterocycles. The van der Waals surface area contributed by atoms with Gasteiger partial charge in [-0.05, 0) is 24.3 Å². The van der Waals surface area contributed by atoms with Gasteiger partial charge < -0.3 is 0 Å². The van der Waals surface area contributed by atoms with Gasteiger partial charge in [-0.15, -0.1) is 0 Å². The Morgan fingerprint density at radius 3 is 2.21 bits per heavy atom. The van der Waals surface area contributed by atoms with Crippen molar-refractivity contribution in [3.8, 4) is 11.3 Å². The second-order valence-corrected chi connectivity index (χ2v) is 4.15. The molecule has 0 bridgehead atoms. The number of alkyl halides is 3. The fourth-order valence-corrected chi connectivity index (χ4v) is 1.74. The number of pyridine rings is 1. The highest BCUT2D eigenvalue weighted by molar-refractivity contribution is 6.29. The monoisotopic (exact) mass is 285 g/mol. The molecule has 0 aliphatic rings. The Hall–Kier alpha value is -1.88. The fraction of sp³-hybridized carbons (Fsp3) is 0.0769. The zero-order valence-electron chi connectivity index (χ0n) is 9.41. The molecule has 2 nitrogen and oxygen atoms in total. The molecule has 2 aromatic rings. The molecular formula is C13H7ClF3NO. The lowest BCUT2D eigenvalue weighted by atomic mass is 10.0. The average Bonchev–Trinajstić information content (AvgIpc) is 2.38. The van der Waals surface area contributed by atoms with Crippen LogP contribution in [0.25, 0.3) is 11.3 Å². The van der Waals surface area contributed by atoms with E-state index in [4.69, 9.17) is 11.6 Å². The van der Waals surface area contributed by atoms with E-state index in [0.29, 0.717) is 11.8 Å². The predicted octanol–water partition coefficient (Wildman–Crippen LogP) is 4.23. The van der Waals surface area contributed by atoms with Crippen LogP contribution < -0.4 is 0 Å². The Balaban J connectivity index is 2.48. The average molecular weight is 286 g/mol. The van der Waals surface area contributed by atoms with Gasteiger partial charge in [-0.1, -0.05) is 23.7 Å². The van der Waals surface area contributed by atoms with Gasteiger partial charge in [-0.2, -0.15) is 13.2 Å². The van der Waals surface area contributed by atoms with Crippen molar-refractivity contribution in [1.29, 1.82) is 0 Å². The molecule has 0 N–H and O–H groups in total. The number of aldehydes is 1. The number of halogens is 4. The number of aromatic nitrogens is 1. The lowest BCUT2D eigenvalue weighted by molar-refractivity contribution is -0.137. The lowest BCUT2D eigenvalue weighted by Gasteiger charge is -2.08. The van der Waals surface area contributed by atoms with Crippen molar-refractivity contribution in [2.75, 3.05) is 0 Å². The van der Waals surface area contributed by atoms with Crippen LogP contribution in [0, 0.1) is 0 Å². The Bertz CT molecular complexity index is 608. The molecule has 0 fully saturated rings. The third kappa shape index (κ3) is 2.93. The first-order chi connectivity index (χ1) is 8.91. The molecule has 98 valence electrons. The second kappa shape index (κ2) is 5.01. The maximum Gasteiger partial charge on any atom is 0.416 e. The van der Waals surface area contributed by atoms with Crippen molar-refractivity contribution >= 4 is 17.9 Å². The fourth-order valence-electron chi connectivity index (χ4n) is 1.59. The first-order valence-corrected chi connectivity index (χ1v) is 5.59. The number of rotatable bonds is 2. The SMILES string of the molecule is O=Cc1ccc(Cl)nc1-c1ccc(C(F)(F)F)cc1. The third-order valence-electron chi connectivity index (χ3n) is 2.51. The molecule has 1 heterocycles.